The molecular formula is C27H29N3O2. The number of carbonyl (C=O) groups is 2. The largest absolute Gasteiger partial charge is 0.349 e. The van der Waals surface area contributed by atoms with E-state index in [0.717, 1.165) is 16.8 Å². The third kappa shape index (κ3) is 5.35. The first-order chi connectivity index (χ1) is 15.6. The second-order valence-electron chi connectivity index (χ2n) is 8.28. The van der Waals surface area contributed by atoms with E-state index in [4.69, 9.17) is 0 Å². The highest BCUT2D eigenvalue weighted by molar-refractivity contribution is 5.89. The summed E-state index contributed by atoms with van der Waals surface area (Å²) in [5, 5.41) is 6.06. The maximum Gasteiger partial charge on any atom is 0.321 e. The standard InChI is InChI=1S/C27H29N3O2/c1-20(21-12-14-23(15-13-21)22-8-4-2-5-9-22)28-26(31)24-16-18-30(19-17-24)27(32)29-25-10-6-3-7-11-25/h2-15,20,24H,16-19H2,1H3,(H,28,31)(H,29,32). The average Bonchev–Trinajstić information content (AvgIpc) is 2.85. The smallest absolute Gasteiger partial charge is 0.321 e. The molecule has 4 rings (SSSR count). The molecule has 0 radical (unpaired) electrons. The minimum Gasteiger partial charge on any atom is -0.349 e. The first kappa shape index (κ1) is 21.6. The molecule has 1 unspecified atom stereocenters. The highest BCUT2D eigenvalue weighted by atomic mass is 16.2. The summed E-state index contributed by atoms with van der Waals surface area (Å²) in [6.07, 6.45) is 1.35. The maximum absolute atomic E-state index is 12.8. The number of amides is 3. The van der Waals surface area contributed by atoms with Crippen molar-refractivity contribution in [1.29, 1.82) is 0 Å². The highest BCUT2D eigenvalue weighted by Crippen LogP contribution is 2.23. The molecule has 1 atom stereocenters. The van der Waals surface area contributed by atoms with Crippen LogP contribution in [-0.4, -0.2) is 29.9 Å². The zero-order chi connectivity index (χ0) is 22.3. The molecule has 3 aromatic rings. The summed E-state index contributed by atoms with van der Waals surface area (Å²) in [7, 11) is 0. The van der Waals surface area contributed by atoms with Crippen molar-refractivity contribution in [2.24, 2.45) is 5.92 Å². The van der Waals surface area contributed by atoms with Crippen LogP contribution >= 0.6 is 0 Å². The number of urea groups is 1. The molecule has 0 aliphatic carbocycles. The molecule has 0 aromatic heterocycles. The molecule has 1 fully saturated rings. The van der Waals surface area contributed by atoms with Crippen LogP contribution in [0.2, 0.25) is 0 Å². The Morgan fingerprint density at radius 2 is 1.38 bits per heavy atom. The lowest BCUT2D eigenvalue weighted by atomic mass is 9.95. The van der Waals surface area contributed by atoms with Gasteiger partial charge in [0.1, 0.15) is 0 Å². The van der Waals surface area contributed by atoms with Crippen molar-refractivity contribution in [3.8, 4) is 11.1 Å². The summed E-state index contributed by atoms with van der Waals surface area (Å²) < 4.78 is 0. The Balaban J connectivity index is 1.27. The summed E-state index contributed by atoms with van der Waals surface area (Å²) in [4.78, 5) is 27.0. The number of anilines is 1. The van der Waals surface area contributed by atoms with Crippen molar-refractivity contribution >= 4 is 17.6 Å². The average molecular weight is 428 g/mol. The Hall–Kier alpha value is -3.60. The number of piperidine rings is 1. The van der Waals surface area contributed by atoms with Gasteiger partial charge >= 0.3 is 6.03 Å². The van der Waals surface area contributed by atoms with Gasteiger partial charge in [-0.2, -0.15) is 0 Å². The Morgan fingerprint density at radius 1 is 0.812 bits per heavy atom. The van der Waals surface area contributed by atoms with Crippen LogP contribution in [0.15, 0.2) is 84.9 Å². The number of hydrogen-bond acceptors (Lipinski definition) is 2. The van der Waals surface area contributed by atoms with Gasteiger partial charge in [0.15, 0.2) is 0 Å². The van der Waals surface area contributed by atoms with Crippen molar-refractivity contribution in [2.75, 3.05) is 18.4 Å². The first-order valence-corrected chi connectivity index (χ1v) is 11.2. The van der Waals surface area contributed by atoms with Gasteiger partial charge in [0.25, 0.3) is 0 Å². The van der Waals surface area contributed by atoms with Crippen LogP contribution in [0.1, 0.15) is 31.4 Å². The maximum atomic E-state index is 12.8. The molecule has 164 valence electrons. The molecule has 0 bridgehead atoms. The second kappa shape index (κ2) is 10.1. The van der Waals surface area contributed by atoms with Gasteiger partial charge in [-0.1, -0.05) is 72.8 Å². The van der Waals surface area contributed by atoms with Crippen molar-refractivity contribution in [3.05, 3.63) is 90.5 Å². The molecule has 32 heavy (non-hydrogen) atoms. The molecule has 1 heterocycles. The number of nitrogens with zero attached hydrogens (tertiary/aromatic N) is 1. The van der Waals surface area contributed by atoms with Crippen LogP contribution in [0.25, 0.3) is 11.1 Å². The number of likely N-dealkylation sites (tertiary alicyclic amines) is 1. The predicted octanol–water partition coefficient (Wildman–Crippen LogP) is 5.47. The molecule has 1 saturated heterocycles. The fraction of sp³-hybridized carbons (Fsp3) is 0.259. The van der Waals surface area contributed by atoms with E-state index in [-0.39, 0.29) is 23.9 Å². The van der Waals surface area contributed by atoms with E-state index in [1.807, 2.05) is 55.5 Å². The molecule has 0 spiro atoms. The van der Waals surface area contributed by atoms with Crippen molar-refractivity contribution in [2.45, 2.75) is 25.8 Å². The van der Waals surface area contributed by atoms with E-state index in [2.05, 4.69) is 47.0 Å². The van der Waals surface area contributed by atoms with Crippen molar-refractivity contribution < 1.29 is 9.59 Å². The lowest BCUT2D eigenvalue weighted by molar-refractivity contribution is -0.126. The van der Waals surface area contributed by atoms with Crippen LogP contribution < -0.4 is 10.6 Å². The van der Waals surface area contributed by atoms with Crippen LogP contribution in [0.4, 0.5) is 10.5 Å². The Labute approximate surface area is 189 Å². The van der Waals surface area contributed by atoms with E-state index in [1.165, 1.54) is 5.56 Å². The van der Waals surface area contributed by atoms with E-state index < -0.39 is 0 Å². The minimum atomic E-state index is -0.109. The monoisotopic (exact) mass is 427 g/mol. The fourth-order valence-electron chi connectivity index (χ4n) is 4.08. The third-order valence-electron chi connectivity index (χ3n) is 6.05. The van der Waals surface area contributed by atoms with E-state index in [0.29, 0.717) is 25.9 Å². The number of hydrogen-bond donors (Lipinski definition) is 2. The quantitative estimate of drug-likeness (QED) is 0.567. The van der Waals surface area contributed by atoms with E-state index in [1.54, 1.807) is 4.90 Å². The number of nitrogens with one attached hydrogen (secondary N) is 2. The number of rotatable bonds is 5. The first-order valence-electron chi connectivity index (χ1n) is 11.2. The van der Waals surface area contributed by atoms with Gasteiger partial charge in [-0.25, -0.2) is 4.79 Å². The molecule has 0 saturated carbocycles. The van der Waals surface area contributed by atoms with Gasteiger partial charge in [-0.15, -0.1) is 0 Å². The van der Waals surface area contributed by atoms with Gasteiger partial charge in [0.05, 0.1) is 6.04 Å². The molecule has 3 amide bonds. The molecule has 3 aromatic carbocycles. The minimum absolute atomic E-state index is 0.0627. The normalized spacial score (nSPS) is 15.1. The van der Waals surface area contributed by atoms with Gasteiger partial charge in [-0.3, -0.25) is 4.79 Å². The Kier molecular flexibility index (Phi) is 6.85. The summed E-state index contributed by atoms with van der Waals surface area (Å²) in [5.41, 5.74) is 4.20. The number of carbonyl (C=O) groups excluding carboxylic acids is 2. The van der Waals surface area contributed by atoms with Crippen LogP contribution in [-0.2, 0) is 4.79 Å². The Bertz CT molecular complexity index is 1030. The van der Waals surface area contributed by atoms with Gasteiger partial charge in [-0.05, 0) is 48.6 Å². The summed E-state index contributed by atoms with van der Waals surface area (Å²) >= 11 is 0. The van der Waals surface area contributed by atoms with Gasteiger partial charge in [0, 0.05) is 24.7 Å². The van der Waals surface area contributed by atoms with Crippen LogP contribution in [0, 0.1) is 5.92 Å². The zero-order valence-electron chi connectivity index (χ0n) is 18.3. The SMILES string of the molecule is CC(NC(=O)C1CCN(C(=O)Nc2ccccc2)CC1)c1ccc(-c2ccccc2)cc1. The predicted molar refractivity (Wildman–Crippen MR) is 128 cm³/mol. The molecule has 2 N–H and O–H groups in total. The number of benzene rings is 3. The summed E-state index contributed by atoms with van der Waals surface area (Å²) in [5.74, 6) is -0.00503. The zero-order valence-corrected chi connectivity index (χ0v) is 18.3. The van der Waals surface area contributed by atoms with Gasteiger partial charge in [0.2, 0.25) is 5.91 Å². The highest BCUT2D eigenvalue weighted by Gasteiger charge is 2.28. The van der Waals surface area contributed by atoms with Gasteiger partial charge < -0.3 is 15.5 Å². The van der Waals surface area contributed by atoms with Crippen LogP contribution in [0.3, 0.4) is 0 Å². The molecule has 5 heteroatoms. The molecule has 1 aliphatic heterocycles. The number of para-hydroxylation sites is 1. The lowest BCUT2D eigenvalue weighted by Gasteiger charge is -2.32. The molecular weight excluding hydrogens is 398 g/mol. The van der Waals surface area contributed by atoms with Crippen molar-refractivity contribution in [1.82, 2.24) is 10.2 Å². The van der Waals surface area contributed by atoms with Crippen molar-refractivity contribution in [3.63, 3.8) is 0 Å². The third-order valence-corrected chi connectivity index (χ3v) is 6.05. The van der Waals surface area contributed by atoms with E-state index in [9.17, 15) is 9.59 Å². The molecule has 1 aliphatic rings. The topological polar surface area (TPSA) is 61.4 Å². The fourth-order valence-corrected chi connectivity index (χ4v) is 4.08. The lowest BCUT2D eigenvalue weighted by Crippen LogP contribution is -2.44. The van der Waals surface area contributed by atoms with E-state index >= 15 is 0 Å². The molecule has 5 nitrogen and oxygen atoms in total. The van der Waals surface area contributed by atoms with Crippen LogP contribution in [0.5, 0.6) is 0 Å². The summed E-state index contributed by atoms with van der Waals surface area (Å²) in [6, 6.07) is 27.8. The Morgan fingerprint density at radius 3 is 2.00 bits per heavy atom. The second-order valence-corrected chi connectivity index (χ2v) is 8.28. The summed E-state index contributed by atoms with van der Waals surface area (Å²) in [6.45, 7) is 3.17.